The Hall–Kier alpha value is -1.65. The van der Waals surface area contributed by atoms with Crippen LogP contribution in [-0.2, 0) is 9.53 Å². The van der Waals surface area contributed by atoms with Gasteiger partial charge in [0.15, 0.2) is 6.23 Å². The highest BCUT2D eigenvalue weighted by molar-refractivity contribution is 5.84. The highest BCUT2D eigenvalue weighted by Gasteiger charge is 2.42. The standard InChI is InChI=1S/C13H14N2O2/c1-8-7-10(16)17-13-11(8)12(14-15-13)9-5-3-2-4-6-9/h2-7,11-15H,1H3. The molecule has 2 heterocycles. The molecule has 4 nitrogen and oxygen atoms in total. The Morgan fingerprint density at radius 2 is 1.94 bits per heavy atom. The number of hydrazine groups is 1. The fraction of sp³-hybridized carbons (Fsp3) is 0.308. The number of nitrogens with one attached hydrogen (secondary N) is 2. The van der Waals surface area contributed by atoms with Gasteiger partial charge in [-0.2, -0.15) is 0 Å². The Morgan fingerprint density at radius 3 is 2.71 bits per heavy atom. The molecule has 17 heavy (non-hydrogen) atoms. The minimum absolute atomic E-state index is 0.144. The molecular formula is C13H14N2O2. The molecule has 3 rings (SSSR count). The van der Waals surface area contributed by atoms with Crippen LogP contribution in [0.4, 0.5) is 0 Å². The van der Waals surface area contributed by atoms with Gasteiger partial charge in [-0.25, -0.2) is 15.6 Å². The van der Waals surface area contributed by atoms with Crippen molar-refractivity contribution < 1.29 is 9.53 Å². The van der Waals surface area contributed by atoms with Crippen molar-refractivity contribution in [1.82, 2.24) is 10.9 Å². The number of hydrogen-bond acceptors (Lipinski definition) is 4. The van der Waals surface area contributed by atoms with Gasteiger partial charge < -0.3 is 4.74 Å². The summed E-state index contributed by atoms with van der Waals surface area (Å²) in [5.41, 5.74) is 8.48. The van der Waals surface area contributed by atoms with Crippen LogP contribution in [0.1, 0.15) is 18.5 Å². The van der Waals surface area contributed by atoms with E-state index in [0.29, 0.717) is 0 Å². The van der Waals surface area contributed by atoms with E-state index in [9.17, 15) is 4.79 Å². The first kappa shape index (κ1) is 10.5. The van der Waals surface area contributed by atoms with E-state index in [1.807, 2.05) is 25.1 Å². The summed E-state index contributed by atoms with van der Waals surface area (Å²) in [4.78, 5) is 11.3. The number of rotatable bonds is 1. The molecule has 0 radical (unpaired) electrons. The maximum absolute atomic E-state index is 11.3. The smallest absolute Gasteiger partial charge is 0.332 e. The SMILES string of the molecule is CC1=CC(=O)OC2NNC(c3ccccc3)C12. The second kappa shape index (κ2) is 3.98. The zero-order chi connectivity index (χ0) is 11.8. The molecule has 0 spiro atoms. The van der Waals surface area contributed by atoms with Crippen molar-refractivity contribution in [1.29, 1.82) is 0 Å². The number of ether oxygens (including phenoxy) is 1. The summed E-state index contributed by atoms with van der Waals surface area (Å²) in [5.74, 6) is -0.109. The lowest BCUT2D eigenvalue weighted by molar-refractivity contribution is -0.147. The molecule has 0 aromatic heterocycles. The summed E-state index contributed by atoms with van der Waals surface area (Å²) in [6.07, 6.45) is 1.31. The van der Waals surface area contributed by atoms with Gasteiger partial charge in [-0.3, -0.25) is 0 Å². The van der Waals surface area contributed by atoms with Gasteiger partial charge >= 0.3 is 5.97 Å². The zero-order valence-electron chi connectivity index (χ0n) is 9.51. The molecule has 0 aliphatic carbocycles. The van der Waals surface area contributed by atoms with Crippen molar-refractivity contribution in [2.45, 2.75) is 19.2 Å². The molecular weight excluding hydrogens is 216 g/mol. The van der Waals surface area contributed by atoms with Crippen LogP contribution in [0.3, 0.4) is 0 Å². The average molecular weight is 230 g/mol. The third-order valence-electron chi connectivity index (χ3n) is 3.34. The van der Waals surface area contributed by atoms with Crippen molar-refractivity contribution in [2.75, 3.05) is 0 Å². The molecule has 0 amide bonds. The van der Waals surface area contributed by atoms with Crippen molar-refractivity contribution in [3.05, 3.63) is 47.5 Å². The van der Waals surface area contributed by atoms with Crippen molar-refractivity contribution >= 4 is 5.97 Å². The van der Waals surface area contributed by atoms with E-state index in [4.69, 9.17) is 4.74 Å². The third kappa shape index (κ3) is 1.75. The van der Waals surface area contributed by atoms with Crippen LogP contribution in [0.5, 0.6) is 0 Å². The van der Waals surface area contributed by atoms with Crippen molar-refractivity contribution in [3.8, 4) is 0 Å². The van der Waals surface area contributed by atoms with Gasteiger partial charge in [-0.1, -0.05) is 35.9 Å². The predicted molar refractivity (Wildman–Crippen MR) is 62.6 cm³/mol. The van der Waals surface area contributed by atoms with Gasteiger partial charge in [0.1, 0.15) is 0 Å². The fourth-order valence-electron chi connectivity index (χ4n) is 2.52. The quantitative estimate of drug-likeness (QED) is 0.714. The van der Waals surface area contributed by atoms with Gasteiger partial charge in [0, 0.05) is 6.08 Å². The van der Waals surface area contributed by atoms with Crippen LogP contribution >= 0.6 is 0 Å². The van der Waals surface area contributed by atoms with E-state index < -0.39 is 0 Å². The summed E-state index contributed by atoms with van der Waals surface area (Å²) in [6, 6.07) is 10.3. The van der Waals surface area contributed by atoms with Gasteiger partial charge in [0.2, 0.25) is 0 Å². The van der Waals surface area contributed by atoms with Gasteiger partial charge in [0.25, 0.3) is 0 Å². The second-order valence-electron chi connectivity index (χ2n) is 4.45. The summed E-state index contributed by atoms with van der Waals surface area (Å²) < 4.78 is 5.24. The van der Waals surface area contributed by atoms with E-state index in [1.165, 1.54) is 5.56 Å². The first-order valence-corrected chi connectivity index (χ1v) is 5.70. The molecule has 88 valence electrons. The van der Waals surface area contributed by atoms with E-state index in [2.05, 4.69) is 23.0 Å². The topological polar surface area (TPSA) is 50.4 Å². The van der Waals surface area contributed by atoms with E-state index in [0.717, 1.165) is 5.57 Å². The molecule has 1 aromatic carbocycles. The lowest BCUT2D eigenvalue weighted by Crippen LogP contribution is -2.38. The molecule has 2 N–H and O–H groups in total. The number of benzene rings is 1. The summed E-state index contributed by atoms with van der Waals surface area (Å²) in [5, 5.41) is 0. The van der Waals surface area contributed by atoms with Crippen LogP contribution in [-0.4, -0.2) is 12.2 Å². The maximum Gasteiger partial charge on any atom is 0.332 e. The van der Waals surface area contributed by atoms with Crippen LogP contribution in [0.15, 0.2) is 42.0 Å². The Labute approximate surface area is 99.6 Å². The Balaban J connectivity index is 1.94. The minimum Gasteiger partial charge on any atom is -0.441 e. The molecule has 1 aromatic rings. The van der Waals surface area contributed by atoms with Crippen LogP contribution < -0.4 is 10.9 Å². The van der Waals surface area contributed by atoms with Crippen LogP contribution in [0, 0.1) is 5.92 Å². The lowest BCUT2D eigenvalue weighted by atomic mass is 9.87. The first-order chi connectivity index (χ1) is 8.25. The number of hydrogen-bond donors (Lipinski definition) is 2. The number of fused-ring (bicyclic) bond motifs is 1. The van der Waals surface area contributed by atoms with Crippen molar-refractivity contribution in [3.63, 3.8) is 0 Å². The number of esters is 1. The van der Waals surface area contributed by atoms with E-state index >= 15 is 0 Å². The molecule has 1 saturated heterocycles. The molecule has 1 fully saturated rings. The monoisotopic (exact) mass is 230 g/mol. The Morgan fingerprint density at radius 1 is 1.18 bits per heavy atom. The molecule has 2 aliphatic rings. The van der Waals surface area contributed by atoms with Crippen LogP contribution in [0.2, 0.25) is 0 Å². The summed E-state index contributed by atoms with van der Waals surface area (Å²) >= 11 is 0. The van der Waals surface area contributed by atoms with Gasteiger partial charge in [-0.05, 0) is 12.5 Å². The van der Waals surface area contributed by atoms with Crippen molar-refractivity contribution in [2.24, 2.45) is 5.92 Å². The highest BCUT2D eigenvalue weighted by atomic mass is 16.6. The fourth-order valence-corrected chi connectivity index (χ4v) is 2.52. The Bertz CT molecular complexity index is 470. The largest absolute Gasteiger partial charge is 0.441 e. The predicted octanol–water partition coefficient (Wildman–Crippen LogP) is 1.28. The first-order valence-electron chi connectivity index (χ1n) is 5.70. The average Bonchev–Trinajstić information content (AvgIpc) is 2.74. The maximum atomic E-state index is 11.3. The van der Waals surface area contributed by atoms with Gasteiger partial charge in [0.05, 0.1) is 12.0 Å². The third-order valence-corrected chi connectivity index (χ3v) is 3.34. The Kier molecular flexibility index (Phi) is 2.46. The molecule has 3 atom stereocenters. The zero-order valence-corrected chi connectivity index (χ0v) is 9.51. The molecule has 0 saturated carbocycles. The van der Waals surface area contributed by atoms with E-state index in [-0.39, 0.29) is 24.2 Å². The molecule has 0 bridgehead atoms. The number of carbonyl (C=O) groups is 1. The minimum atomic E-state index is -0.272. The summed E-state index contributed by atoms with van der Waals surface area (Å²) in [6.45, 7) is 1.97. The van der Waals surface area contributed by atoms with E-state index in [1.54, 1.807) is 6.08 Å². The van der Waals surface area contributed by atoms with Crippen LogP contribution in [0.25, 0.3) is 0 Å². The second-order valence-corrected chi connectivity index (χ2v) is 4.45. The molecule has 2 aliphatic heterocycles. The normalized spacial score (nSPS) is 31.7. The number of carbonyl (C=O) groups excluding carboxylic acids is 1. The lowest BCUT2D eigenvalue weighted by Gasteiger charge is -2.26. The summed E-state index contributed by atoms with van der Waals surface area (Å²) in [7, 11) is 0. The molecule has 4 heteroatoms. The molecule has 3 unspecified atom stereocenters. The highest BCUT2D eigenvalue weighted by Crippen LogP contribution is 2.36. The van der Waals surface area contributed by atoms with Gasteiger partial charge in [-0.15, -0.1) is 0 Å².